The summed E-state index contributed by atoms with van der Waals surface area (Å²) in [6, 6.07) is 12.7. The Bertz CT molecular complexity index is 588. The van der Waals surface area contributed by atoms with Gasteiger partial charge in [0.2, 0.25) is 0 Å². The van der Waals surface area contributed by atoms with Crippen LogP contribution in [0.3, 0.4) is 0 Å². The molecule has 0 saturated carbocycles. The van der Waals surface area contributed by atoms with E-state index in [0.717, 1.165) is 16.9 Å². The van der Waals surface area contributed by atoms with Gasteiger partial charge in [-0.1, -0.05) is 30.3 Å². The third-order valence-corrected chi connectivity index (χ3v) is 4.08. The standard InChI is InChI=1S/C16H17BrFNO/c1-20-15-8-3-2-5-11(15)9-13(19)10-12-6-4-7-14(18)16(12)17/h2-8,13H,9-10,19H2,1H3. The lowest BCUT2D eigenvalue weighted by atomic mass is 9.99. The van der Waals surface area contributed by atoms with E-state index in [9.17, 15) is 4.39 Å². The normalized spacial score (nSPS) is 12.2. The van der Waals surface area contributed by atoms with Gasteiger partial charge in [0.1, 0.15) is 11.6 Å². The van der Waals surface area contributed by atoms with Crippen LogP contribution in [0, 0.1) is 5.82 Å². The predicted octanol–water partition coefficient (Wildman–Crippen LogP) is 3.71. The average Bonchev–Trinajstić information content (AvgIpc) is 2.44. The van der Waals surface area contributed by atoms with Gasteiger partial charge >= 0.3 is 0 Å². The van der Waals surface area contributed by atoms with Crippen LogP contribution in [0.25, 0.3) is 0 Å². The molecule has 0 amide bonds. The number of halogens is 2. The lowest BCUT2D eigenvalue weighted by Gasteiger charge is -2.15. The lowest BCUT2D eigenvalue weighted by molar-refractivity contribution is 0.407. The van der Waals surface area contributed by atoms with Crippen molar-refractivity contribution in [2.45, 2.75) is 18.9 Å². The van der Waals surface area contributed by atoms with E-state index in [1.165, 1.54) is 6.07 Å². The second-order valence-electron chi connectivity index (χ2n) is 4.69. The zero-order valence-corrected chi connectivity index (χ0v) is 12.9. The quantitative estimate of drug-likeness (QED) is 0.902. The van der Waals surface area contributed by atoms with Gasteiger partial charge in [0, 0.05) is 6.04 Å². The minimum atomic E-state index is -0.257. The SMILES string of the molecule is COc1ccccc1CC(N)Cc1cccc(F)c1Br. The van der Waals surface area contributed by atoms with Gasteiger partial charge in [-0.3, -0.25) is 0 Å². The Balaban J connectivity index is 2.09. The number of hydrogen-bond donors (Lipinski definition) is 1. The first-order valence-electron chi connectivity index (χ1n) is 6.42. The minimum absolute atomic E-state index is 0.0931. The fraction of sp³-hybridized carbons (Fsp3) is 0.250. The first-order valence-corrected chi connectivity index (χ1v) is 7.21. The van der Waals surface area contributed by atoms with Crippen LogP contribution >= 0.6 is 15.9 Å². The molecule has 1 unspecified atom stereocenters. The number of rotatable bonds is 5. The Kier molecular flexibility index (Phi) is 5.15. The van der Waals surface area contributed by atoms with Crippen molar-refractivity contribution in [2.75, 3.05) is 7.11 Å². The molecule has 0 aliphatic rings. The second kappa shape index (κ2) is 6.86. The van der Waals surface area contributed by atoms with E-state index in [4.69, 9.17) is 10.5 Å². The van der Waals surface area contributed by atoms with Crippen LogP contribution in [-0.4, -0.2) is 13.2 Å². The molecule has 2 nitrogen and oxygen atoms in total. The van der Waals surface area contributed by atoms with E-state index in [-0.39, 0.29) is 11.9 Å². The molecule has 0 spiro atoms. The Labute approximate surface area is 126 Å². The predicted molar refractivity (Wildman–Crippen MR) is 82.5 cm³/mol. The largest absolute Gasteiger partial charge is 0.496 e. The minimum Gasteiger partial charge on any atom is -0.496 e. The van der Waals surface area contributed by atoms with Crippen LogP contribution < -0.4 is 10.5 Å². The van der Waals surface area contributed by atoms with E-state index in [0.29, 0.717) is 17.3 Å². The van der Waals surface area contributed by atoms with Crippen LogP contribution in [0.4, 0.5) is 4.39 Å². The topological polar surface area (TPSA) is 35.2 Å². The fourth-order valence-electron chi connectivity index (χ4n) is 2.21. The van der Waals surface area contributed by atoms with Gasteiger partial charge in [-0.2, -0.15) is 0 Å². The van der Waals surface area contributed by atoms with Crippen molar-refractivity contribution in [2.24, 2.45) is 5.73 Å². The highest BCUT2D eigenvalue weighted by Crippen LogP contribution is 2.23. The lowest BCUT2D eigenvalue weighted by Crippen LogP contribution is -2.26. The zero-order valence-electron chi connectivity index (χ0n) is 11.3. The summed E-state index contributed by atoms with van der Waals surface area (Å²) in [5, 5.41) is 0. The van der Waals surface area contributed by atoms with E-state index in [1.807, 2.05) is 30.3 Å². The molecule has 20 heavy (non-hydrogen) atoms. The first-order chi connectivity index (χ1) is 9.61. The number of ether oxygens (including phenoxy) is 1. The summed E-state index contributed by atoms with van der Waals surface area (Å²) in [6.07, 6.45) is 1.29. The maximum atomic E-state index is 13.5. The summed E-state index contributed by atoms with van der Waals surface area (Å²) in [7, 11) is 1.65. The summed E-state index contributed by atoms with van der Waals surface area (Å²) in [6.45, 7) is 0. The molecule has 2 aromatic carbocycles. The molecule has 0 aliphatic carbocycles. The molecule has 2 aromatic rings. The third kappa shape index (κ3) is 3.58. The van der Waals surface area contributed by atoms with Crippen molar-refractivity contribution in [3.05, 3.63) is 63.9 Å². The Morgan fingerprint density at radius 1 is 1.10 bits per heavy atom. The van der Waals surface area contributed by atoms with E-state index in [1.54, 1.807) is 13.2 Å². The maximum Gasteiger partial charge on any atom is 0.137 e. The molecule has 0 heterocycles. The van der Waals surface area contributed by atoms with E-state index >= 15 is 0 Å². The number of para-hydroxylation sites is 1. The summed E-state index contributed by atoms with van der Waals surface area (Å²) in [5.41, 5.74) is 8.13. The van der Waals surface area contributed by atoms with Crippen molar-refractivity contribution < 1.29 is 9.13 Å². The maximum absolute atomic E-state index is 13.5. The van der Waals surface area contributed by atoms with Gasteiger partial charge in [-0.05, 0) is 52.0 Å². The third-order valence-electron chi connectivity index (χ3n) is 3.19. The molecule has 2 rings (SSSR count). The first kappa shape index (κ1) is 15.0. The van der Waals surface area contributed by atoms with Gasteiger partial charge in [0.25, 0.3) is 0 Å². The van der Waals surface area contributed by atoms with Gasteiger partial charge in [-0.25, -0.2) is 4.39 Å². The number of benzene rings is 2. The Morgan fingerprint density at radius 2 is 1.75 bits per heavy atom. The molecule has 2 N–H and O–H groups in total. The molecular weight excluding hydrogens is 321 g/mol. The van der Waals surface area contributed by atoms with Crippen molar-refractivity contribution in [3.8, 4) is 5.75 Å². The fourth-order valence-corrected chi connectivity index (χ4v) is 2.64. The molecule has 1 atom stereocenters. The van der Waals surface area contributed by atoms with Crippen molar-refractivity contribution in [1.82, 2.24) is 0 Å². The molecule has 0 aliphatic heterocycles. The molecule has 0 saturated heterocycles. The molecule has 0 fully saturated rings. The summed E-state index contributed by atoms with van der Waals surface area (Å²) in [5.74, 6) is 0.577. The zero-order chi connectivity index (χ0) is 14.5. The van der Waals surface area contributed by atoms with E-state index < -0.39 is 0 Å². The monoisotopic (exact) mass is 337 g/mol. The number of nitrogens with two attached hydrogens (primary N) is 1. The highest BCUT2D eigenvalue weighted by atomic mass is 79.9. The van der Waals surface area contributed by atoms with Crippen LogP contribution in [0.2, 0.25) is 0 Å². The van der Waals surface area contributed by atoms with Gasteiger partial charge in [0.15, 0.2) is 0 Å². The smallest absolute Gasteiger partial charge is 0.137 e. The number of hydrogen-bond acceptors (Lipinski definition) is 2. The van der Waals surface area contributed by atoms with Crippen LogP contribution in [0.5, 0.6) is 5.75 Å². The van der Waals surface area contributed by atoms with Crippen LogP contribution in [-0.2, 0) is 12.8 Å². The van der Waals surface area contributed by atoms with Crippen molar-refractivity contribution in [3.63, 3.8) is 0 Å². The molecule has 0 aromatic heterocycles. The Hall–Kier alpha value is -1.39. The highest BCUT2D eigenvalue weighted by Gasteiger charge is 2.12. The molecule has 106 valence electrons. The Morgan fingerprint density at radius 3 is 2.50 bits per heavy atom. The number of methoxy groups -OCH3 is 1. The average molecular weight is 338 g/mol. The van der Waals surface area contributed by atoms with Gasteiger partial charge in [0.05, 0.1) is 11.6 Å². The van der Waals surface area contributed by atoms with Crippen molar-refractivity contribution >= 4 is 15.9 Å². The summed E-state index contributed by atoms with van der Waals surface area (Å²) in [4.78, 5) is 0. The summed E-state index contributed by atoms with van der Waals surface area (Å²) >= 11 is 3.27. The van der Waals surface area contributed by atoms with Crippen LogP contribution in [0.1, 0.15) is 11.1 Å². The molecular formula is C16H17BrFNO. The highest BCUT2D eigenvalue weighted by molar-refractivity contribution is 9.10. The second-order valence-corrected chi connectivity index (χ2v) is 5.49. The summed E-state index contributed by atoms with van der Waals surface area (Å²) < 4.78 is 19.3. The van der Waals surface area contributed by atoms with E-state index in [2.05, 4.69) is 15.9 Å². The molecule has 4 heteroatoms. The molecule has 0 radical (unpaired) electrons. The molecule has 0 bridgehead atoms. The van der Waals surface area contributed by atoms with Gasteiger partial charge in [-0.15, -0.1) is 0 Å². The van der Waals surface area contributed by atoms with Gasteiger partial charge < -0.3 is 10.5 Å². The van der Waals surface area contributed by atoms with Crippen molar-refractivity contribution in [1.29, 1.82) is 0 Å². The van der Waals surface area contributed by atoms with Crippen LogP contribution in [0.15, 0.2) is 46.9 Å².